The summed E-state index contributed by atoms with van der Waals surface area (Å²) in [6.07, 6.45) is 3.04. The van der Waals surface area contributed by atoms with Gasteiger partial charge >= 0.3 is 0 Å². The van der Waals surface area contributed by atoms with Gasteiger partial charge in [0.05, 0.1) is 0 Å². The summed E-state index contributed by atoms with van der Waals surface area (Å²) in [5, 5.41) is 5.95. The molecule has 3 N–H and O–H groups in total. The van der Waals surface area contributed by atoms with Crippen molar-refractivity contribution in [2.75, 3.05) is 13.1 Å². The normalized spacial score (nSPS) is 12.1. The molecule has 0 saturated carbocycles. The Hall–Kier alpha value is -3.28. The van der Waals surface area contributed by atoms with Crippen LogP contribution < -0.4 is 16.2 Å². The molecule has 0 amide bonds. The Morgan fingerprint density at radius 1 is 0.583 bits per heavy atom. The van der Waals surface area contributed by atoms with Crippen LogP contribution in [-0.2, 0) is 19.4 Å². The molecule has 0 fully saturated rings. The van der Waals surface area contributed by atoms with Gasteiger partial charge in [-0.2, -0.15) is 5.12 Å². The molecule has 4 rings (SSSR count). The predicted molar refractivity (Wildman–Crippen MR) is 150 cm³/mol. The van der Waals surface area contributed by atoms with Gasteiger partial charge in [0.2, 0.25) is 0 Å². The smallest absolute Gasteiger partial charge is 0.115 e. The van der Waals surface area contributed by atoms with Crippen LogP contribution in [-0.4, -0.2) is 18.2 Å². The van der Waals surface area contributed by atoms with Crippen LogP contribution in [0.1, 0.15) is 40.4 Å². The average molecular weight is 479 g/mol. The quantitative estimate of drug-likeness (QED) is 0.119. The van der Waals surface area contributed by atoms with Gasteiger partial charge in [0.15, 0.2) is 0 Å². The van der Waals surface area contributed by atoms with Crippen molar-refractivity contribution in [2.45, 2.75) is 38.9 Å². The van der Waals surface area contributed by atoms with Crippen LogP contribution >= 0.6 is 0 Å². The van der Waals surface area contributed by atoms with Gasteiger partial charge in [-0.15, -0.1) is 0 Å². The summed E-state index contributed by atoms with van der Waals surface area (Å²) in [4.78, 5) is 0. The Morgan fingerprint density at radius 2 is 1.11 bits per heavy atom. The van der Waals surface area contributed by atoms with Crippen molar-refractivity contribution in [3.63, 3.8) is 0 Å². The highest BCUT2D eigenvalue weighted by Crippen LogP contribution is 2.17. The van der Waals surface area contributed by atoms with E-state index < -0.39 is 0 Å². The minimum Gasteiger partial charge on any atom is -0.292 e. The molecule has 0 bridgehead atoms. The minimum atomic E-state index is -0.0293. The molecule has 0 aliphatic heterocycles. The SMILES string of the molecule is Cc1ccc(C(NCc2ccccc2)N(NCCCc2ccccc2)NCCc2ccccc2)cc1. The van der Waals surface area contributed by atoms with Crippen LogP contribution in [0.25, 0.3) is 0 Å². The molecule has 0 spiro atoms. The lowest BCUT2D eigenvalue weighted by atomic mass is 10.1. The van der Waals surface area contributed by atoms with E-state index in [1.54, 1.807) is 0 Å². The molecule has 0 radical (unpaired) electrons. The zero-order valence-electron chi connectivity index (χ0n) is 21.2. The monoisotopic (exact) mass is 478 g/mol. The van der Waals surface area contributed by atoms with Gasteiger partial charge in [-0.05, 0) is 48.4 Å². The van der Waals surface area contributed by atoms with Crippen molar-refractivity contribution in [3.05, 3.63) is 143 Å². The van der Waals surface area contributed by atoms with Gasteiger partial charge in [-0.1, -0.05) is 121 Å². The molecule has 4 nitrogen and oxygen atoms in total. The lowest BCUT2D eigenvalue weighted by Gasteiger charge is -2.34. The second-order valence-electron chi connectivity index (χ2n) is 9.19. The van der Waals surface area contributed by atoms with E-state index in [4.69, 9.17) is 0 Å². The van der Waals surface area contributed by atoms with Crippen LogP contribution in [0.4, 0.5) is 0 Å². The predicted octanol–water partition coefficient (Wildman–Crippen LogP) is 5.97. The number of aryl methyl sites for hydroxylation is 2. The highest BCUT2D eigenvalue weighted by atomic mass is 15.8. The van der Waals surface area contributed by atoms with Gasteiger partial charge in [0.25, 0.3) is 0 Å². The Morgan fingerprint density at radius 3 is 1.72 bits per heavy atom. The van der Waals surface area contributed by atoms with E-state index in [0.717, 1.165) is 38.9 Å². The molecule has 36 heavy (non-hydrogen) atoms. The van der Waals surface area contributed by atoms with E-state index in [1.807, 2.05) is 0 Å². The highest BCUT2D eigenvalue weighted by Gasteiger charge is 2.20. The maximum Gasteiger partial charge on any atom is 0.115 e. The fourth-order valence-corrected chi connectivity index (χ4v) is 4.26. The second-order valence-corrected chi connectivity index (χ2v) is 9.19. The molecule has 0 heterocycles. The number of hydrazine groups is 2. The molecule has 4 heteroatoms. The van der Waals surface area contributed by atoms with Crippen LogP contribution in [0.15, 0.2) is 115 Å². The average Bonchev–Trinajstić information content (AvgIpc) is 2.93. The van der Waals surface area contributed by atoms with E-state index in [0.29, 0.717) is 0 Å². The van der Waals surface area contributed by atoms with Gasteiger partial charge in [0, 0.05) is 19.6 Å². The first-order valence-corrected chi connectivity index (χ1v) is 13.0. The standard InChI is InChI=1S/C32H38N4/c1-27-19-21-31(22-20-27)32(33-26-30-16-9-4-10-17-30)36(35-25-23-29-14-7-3-8-15-29)34-24-11-18-28-12-5-2-6-13-28/h2-10,12-17,19-22,32-35H,11,18,23-26H2,1H3. The maximum absolute atomic E-state index is 3.78. The first-order chi connectivity index (χ1) is 17.8. The minimum absolute atomic E-state index is 0.0293. The third kappa shape index (κ3) is 8.43. The van der Waals surface area contributed by atoms with E-state index in [2.05, 4.69) is 143 Å². The molecule has 4 aromatic rings. The number of benzene rings is 4. The lowest BCUT2D eigenvalue weighted by Crippen LogP contribution is -2.54. The molecular formula is C32H38N4. The van der Waals surface area contributed by atoms with E-state index in [1.165, 1.54) is 27.8 Å². The topological polar surface area (TPSA) is 39.3 Å². The van der Waals surface area contributed by atoms with Gasteiger partial charge in [0.1, 0.15) is 6.17 Å². The molecule has 4 aromatic carbocycles. The summed E-state index contributed by atoms with van der Waals surface area (Å²) in [6.45, 7) is 4.63. The lowest BCUT2D eigenvalue weighted by molar-refractivity contribution is 0.0372. The molecule has 0 aliphatic rings. The zero-order valence-corrected chi connectivity index (χ0v) is 21.2. The maximum atomic E-state index is 3.78. The van der Waals surface area contributed by atoms with Crippen molar-refractivity contribution < 1.29 is 0 Å². The van der Waals surface area contributed by atoms with E-state index in [9.17, 15) is 0 Å². The first-order valence-electron chi connectivity index (χ1n) is 13.0. The summed E-state index contributed by atoms with van der Waals surface area (Å²) in [5.74, 6) is 0. The van der Waals surface area contributed by atoms with Crippen molar-refractivity contribution in [2.24, 2.45) is 0 Å². The molecule has 1 atom stereocenters. The molecule has 0 saturated heterocycles. The molecule has 1 unspecified atom stereocenters. The van der Waals surface area contributed by atoms with Crippen LogP contribution in [0.2, 0.25) is 0 Å². The van der Waals surface area contributed by atoms with Crippen LogP contribution in [0, 0.1) is 6.92 Å². The summed E-state index contributed by atoms with van der Waals surface area (Å²) in [6, 6.07) is 40.7. The van der Waals surface area contributed by atoms with Crippen molar-refractivity contribution in [1.82, 2.24) is 21.3 Å². The zero-order chi connectivity index (χ0) is 24.8. The molecular weight excluding hydrogens is 440 g/mol. The molecule has 0 aromatic heterocycles. The molecule has 186 valence electrons. The highest BCUT2D eigenvalue weighted by molar-refractivity contribution is 5.24. The summed E-state index contributed by atoms with van der Waals surface area (Å²) < 4.78 is 0. The van der Waals surface area contributed by atoms with Crippen molar-refractivity contribution in [1.29, 1.82) is 0 Å². The fourth-order valence-electron chi connectivity index (χ4n) is 4.26. The van der Waals surface area contributed by atoms with Crippen LogP contribution in [0.3, 0.4) is 0 Å². The Labute approximate surface area is 216 Å². The third-order valence-electron chi connectivity index (χ3n) is 6.30. The summed E-state index contributed by atoms with van der Waals surface area (Å²) in [7, 11) is 0. The number of rotatable bonds is 14. The van der Waals surface area contributed by atoms with Gasteiger partial charge in [-0.25, -0.2) is 10.9 Å². The Bertz CT molecular complexity index is 1120. The van der Waals surface area contributed by atoms with Crippen molar-refractivity contribution in [3.8, 4) is 0 Å². The van der Waals surface area contributed by atoms with E-state index >= 15 is 0 Å². The summed E-state index contributed by atoms with van der Waals surface area (Å²) >= 11 is 0. The number of hydrogen-bond acceptors (Lipinski definition) is 4. The van der Waals surface area contributed by atoms with E-state index in [-0.39, 0.29) is 6.17 Å². The van der Waals surface area contributed by atoms with Gasteiger partial charge < -0.3 is 0 Å². The number of hydrogen-bond donors (Lipinski definition) is 3. The number of nitrogens with zero attached hydrogens (tertiary/aromatic N) is 1. The van der Waals surface area contributed by atoms with Crippen molar-refractivity contribution >= 4 is 0 Å². The number of nitrogens with one attached hydrogen (secondary N) is 3. The second kappa shape index (κ2) is 14.3. The van der Waals surface area contributed by atoms with Crippen LogP contribution in [0.5, 0.6) is 0 Å². The Balaban J connectivity index is 1.46. The third-order valence-corrected chi connectivity index (χ3v) is 6.30. The first kappa shape index (κ1) is 25.8. The van der Waals surface area contributed by atoms with Gasteiger partial charge in [-0.3, -0.25) is 5.32 Å². The molecule has 0 aliphatic carbocycles. The summed E-state index contributed by atoms with van der Waals surface area (Å²) in [5.41, 5.74) is 13.8. The Kier molecular flexibility index (Phi) is 10.3. The fraction of sp³-hybridized carbons (Fsp3) is 0.250. The largest absolute Gasteiger partial charge is 0.292 e.